The minimum Gasteiger partial charge on any atom is -0.467 e. The summed E-state index contributed by atoms with van der Waals surface area (Å²) in [5.74, 6) is 0.172. The number of ketones is 1. The Hall–Kier alpha value is -2.28. The third-order valence-corrected chi connectivity index (χ3v) is 6.30. The maximum absolute atomic E-state index is 12.7. The van der Waals surface area contributed by atoms with Gasteiger partial charge in [0.1, 0.15) is 11.6 Å². The van der Waals surface area contributed by atoms with E-state index in [1.807, 2.05) is 36.4 Å². The summed E-state index contributed by atoms with van der Waals surface area (Å²) < 4.78 is 10.1. The number of carbonyl (C=O) groups is 3. The molecule has 1 saturated carbocycles. The van der Waals surface area contributed by atoms with Gasteiger partial charge < -0.3 is 14.8 Å². The van der Waals surface area contributed by atoms with Crippen LogP contribution in [0.5, 0.6) is 0 Å². The lowest BCUT2D eigenvalue weighted by Crippen LogP contribution is -2.46. The first kappa shape index (κ1) is 24.0. The molecular formula is C23H31NO5S. The van der Waals surface area contributed by atoms with Crippen LogP contribution in [0.1, 0.15) is 46.1 Å². The number of ether oxygens (including phenoxy) is 2. The summed E-state index contributed by atoms with van der Waals surface area (Å²) >= 11 is 1.51. The Morgan fingerprint density at radius 2 is 1.90 bits per heavy atom. The molecule has 164 valence electrons. The van der Waals surface area contributed by atoms with Crippen molar-refractivity contribution in [2.24, 2.45) is 5.92 Å². The second-order valence-corrected chi connectivity index (χ2v) is 9.75. The highest BCUT2D eigenvalue weighted by molar-refractivity contribution is 8.00. The summed E-state index contributed by atoms with van der Waals surface area (Å²) in [6.45, 7) is 7.37. The minimum atomic E-state index is -0.835. The first-order valence-electron chi connectivity index (χ1n) is 10.1. The van der Waals surface area contributed by atoms with Crippen LogP contribution < -0.4 is 5.32 Å². The molecule has 30 heavy (non-hydrogen) atoms. The number of Topliss-reactive ketones (excluding diaryl/α,β-unsaturated/α-hetero) is 1. The molecule has 0 unspecified atom stereocenters. The third kappa shape index (κ3) is 7.52. The fourth-order valence-corrected chi connectivity index (χ4v) is 4.55. The van der Waals surface area contributed by atoms with Crippen molar-refractivity contribution in [2.75, 3.05) is 12.9 Å². The molecule has 2 rings (SSSR count). The number of thioether (sulfide) groups is 1. The lowest BCUT2D eigenvalue weighted by Gasteiger charge is -2.30. The molecule has 0 radical (unpaired) electrons. The molecule has 1 N–H and O–H groups in total. The van der Waals surface area contributed by atoms with Gasteiger partial charge in [0.15, 0.2) is 5.78 Å². The van der Waals surface area contributed by atoms with E-state index in [0.717, 1.165) is 11.1 Å². The quantitative estimate of drug-likeness (QED) is 0.534. The van der Waals surface area contributed by atoms with Crippen LogP contribution in [0.2, 0.25) is 0 Å². The van der Waals surface area contributed by atoms with Crippen LogP contribution in [0.3, 0.4) is 0 Å². The Morgan fingerprint density at radius 1 is 1.23 bits per heavy atom. The van der Waals surface area contributed by atoms with Crippen molar-refractivity contribution in [3.63, 3.8) is 0 Å². The van der Waals surface area contributed by atoms with Crippen molar-refractivity contribution in [2.45, 2.75) is 57.4 Å². The second-order valence-electron chi connectivity index (χ2n) is 8.48. The molecule has 0 heterocycles. The highest BCUT2D eigenvalue weighted by Crippen LogP contribution is 2.35. The highest BCUT2D eigenvalue weighted by Gasteiger charge is 2.32. The van der Waals surface area contributed by atoms with Crippen molar-refractivity contribution < 1.29 is 23.9 Å². The van der Waals surface area contributed by atoms with E-state index >= 15 is 0 Å². The van der Waals surface area contributed by atoms with E-state index in [1.54, 1.807) is 20.8 Å². The van der Waals surface area contributed by atoms with E-state index < -0.39 is 23.7 Å². The Kier molecular flexibility index (Phi) is 8.53. The molecule has 1 fully saturated rings. The zero-order valence-corrected chi connectivity index (χ0v) is 19.1. The van der Waals surface area contributed by atoms with E-state index in [9.17, 15) is 14.4 Å². The smallest absolute Gasteiger partial charge is 0.408 e. The van der Waals surface area contributed by atoms with Gasteiger partial charge in [-0.15, -0.1) is 0 Å². The van der Waals surface area contributed by atoms with Crippen LogP contribution in [-0.4, -0.2) is 47.6 Å². The molecule has 6 nitrogen and oxygen atoms in total. The fraction of sp³-hybridized carbons (Fsp3) is 0.522. The number of alkyl carbamates (subject to hydrolysis) is 1. The highest BCUT2D eigenvalue weighted by atomic mass is 32.2. The summed E-state index contributed by atoms with van der Waals surface area (Å²) in [5.41, 5.74) is 1.19. The summed E-state index contributed by atoms with van der Waals surface area (Å²) in [7, 11) is 1.28. The first-order valence-corrected chi connectivity index (χ1v) is 11.1. The molecule has 3 atom stereocenters. The van der Waals surface area contributed by atoms with Crippen molar-refractivity contribution in [1.82, 2.24) is 5.32 Å². The third-order valence-electron chi connectivity index (χ3n) is 4.72. The monoisotopic (exact) mass is 433 g/mol. The number of rotatable bonds is 6. The maximum atomic E-state index is 12.7. The molecular weight excluding hydrogens is 402 g/mol. The average Bonchev–Trinajstić information content (AvgIpc) is 2.67. The number of esters is 1. The van der Waals surface area contributed by atoms with E-state index in [0.29, 0.717) is 18.6 Å². The van der Waals surface area contributed by atoms with Gasteiger partial charge in [0.2, 0.25) is 0 Å². The number of amides is 1. The fourth-order valence-electron chi connectivity index (χ4n) is 3.20. The number of carbonyl (C=O) groups excluding carboxylic acids is 3. The number of hydrogen-bond donors (Lipinski definition) is 1. The Bertz CT molecular complexity index is 785. The van der Waals surface area contributed by atoms with Gasteiger partial charge in [-0.1, -0.05) is 37.3 Å². The molecule has 1 aliphatic carbocycles. The summed E-state index contributed by atoms with van der Waals surface area (Å²) in [6, 6.07) is 8.98. The van der Waals surface area contributed by atoms with Crippen LogP contribution in [0.4, 0.5) is 4.79 Å². The number of methoxy groups -OCH3 is 1. The summed E-state index contributed by atoms with van der Waals surface area (Å²) in [5, 5.41) is 2.65. The molecule has 1 aromatic rings. The molecule has 0 spiro atoms. The van der Waals surface area contributed by atoms with Crippen LogP contribution in [-0.2, 0) is 19.1 Å². The van der Waals surface area contributed by atoms with Crippen molar-refractivity contribution in [3.05, 3.63) is 41.5 Å². The second kappa shape index (κ2) is 10.7. The van der Waals surface area contributed by atoms with Gasteiger partial charge in [0, 0.05) is 17.4 Å². The number of nitrogens with one attached hydrogen (secondary N) is 1. The maximum Gasteiger partial charge on any atom is 0.408 e. The molecule has 0 saturated heterocycles. The summed E-state index contributed by atoms with van der Waals surface area (Å²) in [6.07, 6.45) is 2.39. The normalized spacial score (nSPS) is 21.8. The predicted octanol–water partition coefficient (Wildman–Crippen LogP) is 4.24. The van der Waals surface area contributed by atoms with Gasteiger partial charge in [-0.25, -0.2) is 9.59 Å². The summed E-state index contributed by atoms with van der Waals surface area (Å²) in [4.78, 5) is 36.8. The van der Waals surface area contributed by atoms with E-state index in [1.165, 1.54) is 18.9 Å². The molecule has 1 aromatic carbocycles. The van der Waals surface area contributed by atoms with Crippen LogP contribution in [0.15, 0.2) is 35.9 Å². The Morgan fingerprint density at radius 3 is 2.50 bits per heavy atom. The largest absolute Gasteiger partial charge is 0.467 e. The molecule has 0 bridgehead atoms. The topological polar surface area (TPSA) is 81.7 Å². The van der Waals surface area contributed by atoms with Crippen LogP contribution >= 0.6 is 11.8 Å². The van der Waals surface area contributed by atoms with Gasteiger partial charge in [0.05, 0.1) is 7.11 Å². The molecule has 1 aliphatic rings. The van der Waals surface area contributed by atoms with Crippen molar-refractivity contribution >= 4 is 35.7 Å². The van der Waals surface area contributed by atoms with Crippen molar-refractivity contribution in [3.8, 4) is 0 Å². The SMILES string of the molecule is COC(=O)[C@H](CS[C@H]1CC(=O)/C(=C/c2ccccc2)C[C@@H]1C)NC(=O)OC(C)(C)C. The molecule has 0 aliphatic heterocycles. The lowest BCUT2D eigenvalue weighted by molar-refractivity contribution is -0.142. The van der Waals surface area contributed by atoms with E-state index in [2.05, 4.69) is 12.2 Å². The van der Waals surface area contributed by atoms with Crippen LogP contribution in [0, 0.1) is 5.92 Å². The Labute approximate surface area is 182 Å². The zero-order valence-electron chi connectivity index (χ0n) is 18.3. The predicted molar refractivity (Wildman–Crippen MR) is 119 cm³/mol. The molecule has 1 amide bonds. The van der Waals surface area contributed by atoms with E-state index in [4.69, 9.17) is 9.47 Å². The number of hydrogen-bond acceptors (Lipinski definition) is 6. The Balaban J connectivity index is 1.97. The molecule has 7 heteroatoms. The molecule has 0 aromatic heterocycles. The number of benzene rings is 1. The van der Waals surface area contributed by atoms with Gasteiger partial charge in [-0.3, -0.25) is 4.79 Å². The average molecular weight is 434 g/mol. The van der Waals surface area contributed by atoms with Gasteiger partial charge in [-0.2, -0.15) is 11.8 Å². The minimum absolute atomic E-state index is 0.0676. The van der Waals surface area contributed by atoms with Crippen LogP contribution in [0.25, 0.3) is 6.08 Å². The zero-order chi connectivity index (χ0) is 22.3. The van der Waals surface area contributed by atoms with Crippen molar-refractivity contribution in [1.29, 1.82) is 0 Å². The van der Waals surface area contributed by atoms with E-state index in [-0.39, 0.29) is 17.0 Å². The van der Waals surface area contributed by atoms with Gasteiger partial charge in [-0.05, 0) is 50.3 Å². The number of allylic oxidation sites excluding steroid dienone is 1. The standard InChI is InChI=1S/C23H31NO5S/c1-15-11-17(12-16-9-7-6-8-10-16)19(25)13-20(15)30-14-18(21(26)28-5)24-22(27)29-23(2,3)4/h6-10,12,15,18,20H,11,13-14H2,1-5H3,(H,24,27)/b17-12+/t15-,18-,20-/m0/s1. The first-order chi connectivity index (χ1) is 14.1. The lowest BCUT2D eigenvalue weighted by atomic mass is 9.84. The van der Waals surface area contributed by atoms with Gasteiger partial charge in [0.25, 0.3) is 0 Å². The van der Waals surface area contributed by atoms with Gasteiger partial charge >= 0.3 is 12.1 Å².